The van der Waals surface area contributed by atoms with Gasteiger partial charge < -0.3 is 9.15 Å². The van der Waals surface area contributed by atoms with Gasteiger partial charge >= 0.3 is 5.97 Å². The highest BCUT2D eigenvalue weighted by molar-refractivity contribution is 7.89. The fourth-order valence-electron chi connectivity index (χ4n) is 2.26. The van der Waals surface area contributed by atoms with Crippen LogP contribution in [-0.2, 0) is 21.3 Å². The maximum absolute atomic E-state index is 12.6. The number of nitrogens with zero attached hydrogens (tertiary/aromatic N) is 1. The molecule has 0 aliphatic heterocycles. The van der Waals surface area contributed by atoms with Gasteiger partial charge in [-0.05, 0) is 17.7 Å². The first kappa shape index (κ1) is 17.8. The lowest BCUT2D eigenvalue weighted by Crippen LogP contribution is -2.24. The van der Waals surface area contributed by atoms with Gasteiger partial charge in [-0.2, -0.15) is 0 Å². The van der Waals surface area contributed by atoms with Crippen molar-refractivity contribution in [3.05, 3.63) is 71.9 Å². The Bertz CT molecular complexity index is 999. The summed E-state index contributed by atoms with van der Waals surface area (Å²) in [7, 11) is -2.97. The number of oxazole rings is 1. The molecular weight excluding hydrogens is 356 g/mol. The smallest absolute Gasteiger partial charge is 0.361 e. The van der Waals surface area contributed by atoms with E-state index in [4.69, 9.17) is 4.42 Å². The average molecular weight is 372 g/mol. The van der Waals surface area contributed by atoms with Crippen LogP contribution >= 0.6 is 0 Å². The summed E-state index contributed by atoms with van der Waals surface area (Å²) in [6, 6.07) is 17.7. The lowest BCUT2D eigenvalue weighted by atomic mass is 10.2. The van der Waals surface area contributed by atoms with Crippen molar-refractivity contribution in [1.29, 1.82) is 0 Å². The lowest BCUT2D eigenvalue weighted by Gasteiger charge is -2.05. The number of ether oxygens (including phenoxy) is 1. The predicted molar refractivity (Wildman–Crippen MR) is 93.7 cm³/mol. The molecule has 0 bridgehead atoms. The van der Waals surface area contributed by atoms with Gasteiger partial charge in [-0.15, -0.1) is 0 Å². The zero-order chi connectivity index (χ0) is 18.6. The Hall–Kier alpha value is -2.97. The molecule has 0 spiro atoms. The molecule has 26 heavy (non-hydrogen) atoms. The van der Waals surface area contributed by atoms with Gasteiger partial charge in [0.15, 0.2) is 0 Å². The van der Waals surface area contributed by atoms with Crippen molar-refractivity contribution < 1.29 is 22.4 Å². The number of methoxy groups -OCH3 is 1. The van der Waals surface area contributed by atoms with E-state index in [0.717, 1.165) is 12.7 Å². The second-order valence-electron chi connectivity index (χ2n) is 5.32. The molecule has 0 amide bonds. The Labute approximate surface area is 150 Å². The number of rotatable bonds is 6. The van der Waals surface area contributed by atoms with Crippen LogP contribution in [-0.4, -0.2) is 26.5 Å². The monoisotopic (exact) mass is 372 g/mol. The van der Waals surface area contributed by atoms with Crippen molar-refractivity contribution >= 4 is 16.0 Å². The molecule has 8 heteroatoms. The van der Waals surface area contributed by atoms with Crippen LogP contribution in [0.5, 0.6) is 0 Å². The third kappa shape index (κ3) is 3.81. The summed E-state index contributed by atoms with van der Waals surface area (Å²) in [5, 5.41) is -0.570. The molecule has 0 atom stereocenters. The third-order valence-corrected chi connectivity index (χ3v) is 4.84. The van der Waals surface area contributed by atoms with E-state index in [1.54, 1.807) is 54.6 Å². The van der Waals surface area contributed by atoms with Crippen LogP contribution in [0.2, 0.25) is 0 Å². The SMILES string of the molecule is COC(=O)c1nc(-c2ccccc2)oc1S(=O)(=O)NCc1ccccc1. The van der Waals surface area contributed by atoms with E-state index in [-0.39, 0.29) is 12.4 Å². The zero-order valence-electron chi connectivity index (χ0n) is 13.9. The molecule has 1 aromatic heterocycles. The summed E-state index contributed by atoms with van der Waals surface area (Å²) < 4.78 is 37.7. The standard InChI is InChI=1S/C18H16N2O5S/c1-24-17(21)15-18(25-16(20-15)14-10-6-3-7-11-14)26(22,23)19-12-13-8-4-2-5-9-13/h2-11,19H,12H2,1H3. The third-order valence-electron chi connectivity index (χ3n) is 3.55. The Morgan fingerprint density at radius 2 is 1.69 bits per heavy atom. The molecule has 7 nitrogen and oxygen atoms in total. The Kier molecular flexibility index (Phi) is 5.15. The molecule has 0 saturated carbocycles. The summed E-state index contributed by atoms with van der Waals surface area (Å²) in [4.78, 5) is 16.0. The number of esters is 1. The van der Waals surface area contributed by atoms with Gasteiger partial charge in [0.1, 0.15) is 0 Å². The van der Waals surface area contributed by atoms with Crippen LogP contribution in [0.15, 0.2) is 70.2 Å². The first-order valence-electron chi connectivity index (χ1n) is 7.69. The van der Waals surface area contributed by atoms with Gasteiger partial charge in [0.2, 0.25) is 11.6 Å². The van der Waals surface area contributed by atoms with Crippen molar-refractivity contribution in [1.82, 2.24) is 9.71 Å². The molecule has 2 aromatic carbocycles. The highest BCUT2D eigenvalue weighted by atomic mass is 32.2. The number of nitrogens with one attached hydrogen (secondary N) is 1. The molecule has 3 rings (SSSR count). The van der Waals surface area contributed by atoms with E-state index in [9.17, 15) is 13.2 Å². The minimum absolute atomic E-state index is 0.0195. The molecule has 3 aromatic rings. The second-order valence-corrected chi connectivity index (χ2v) is 6.99. The molecule has 0 aliphatic rings. The molecule has 0 unspecified atom stereocenters. The molecule has 1 heterocycles. The van der Waals surface area contributed by atoms with Gasteiger partial charge in [-0.3, -0.25) is 0 Å². The molecule has 134 valence electrons. The first-order valence-corrected chi connectivity index (χ1v) is 9.18. The average Bonchev–Trinajstić information content (AvgIpc) is 3.14. The molecule has 0 fully saturated rings. The van der Waals surface area contributed by atoms with Gasteiger partial charge in [0.25, 0.3) is 15.1 Å². The van der Waals surface area contributed by atoms with Crippen LogP contribution in [0.3, 0.4) is 0 Å². The van der Waals surface area contributed by atoms with E-state index >= 15 is 0 Å². The van der Waals surface area contributed by atoms with Crippen molar-refractivity contribution in [3.63, 3.8) is 0 Å². The van der Waals surface area contributed by atoms with Gasteiger partial charge in [0, 0.05) is 12.1 Å². The first-order chi connectivity index (χ1) is 12.5. The van der Waals surface area contributed by atoms with Gasteiger partial charge in [0.05, 0.1) is 7.11 Å². The minimum Gasteiger partial charge on any atom is -0.464 e. The fraction of sp³-hybridized carbons (Fsp3) is 0.111. The summed E-state index contributed by atoms with van der Waals surface area (Å²) in [5.74, 6) is -0.873. The Morgan fingerprint density at radius 1 is 1.08 bits per heavy atom. The quantitative estimate of drug-likeness (QED) is 0.668. The van der Waals surface area contributed by atoms with E-state index in [1.165, 1.54) is 0 Å². The number of hydrogen-bond acceptors (Lipinski definition) is 6. The molecule has 0 aliphatic carbocycles. The van der Waals surface area contributed by atoms with Crippen molar-refractivity contribution in [2.24, 2.45) is 0 Å². The van der Waals surface area contributed by atoms with Crippen molar-refractivity contribution in [2.45, 2.75) is 11.6 Å². The number of carbonyl (C=O) groups is 1. The van der Waals surface area contributed by atoms with Gasteiger partial charge in [-0.25, -0.2) is 22.9 Å². The number of carbonyl (C=O) groups excluding carboxylic acids is 1. The van der Waals surface area contributed by atoms with E-state index < -0.39 is 26.8 Å². The van der Waals surface area contributed by atoms with Crippen molar-refractivity contribution in [2.75, 3.05) is 7.11 Å². The summed E-state index contributed by atoms with van der Waals surface area (Å²) in [6.45, 7) is 0.0468. The highest BCUT2D eigenvalue weighted by Crippen LogP contribution is 2.25. The number of hydrogen-bond donors (Lipinski definition) is 1. The normalized spacial score (nSPS) is 11.3. The van der Waals surface area contributed by atoms with E-state index in [2.05, 4.69) is 14.4 Å². The Balaban J connectivity index is 1.96. The fourth-order valence-corrected chi connectivity index (χ4v) is 3.32. The maximum Gasteiger partial charge on any atom is 0.361 e. The van der Waals surface area contributed by atoms with Crippen LogP contribution < -0.4 is 4.72 Å². The van der Waals surface area contributed by atoms with Gasteiger partial charge in [-0.1, -0.05) is 48.5 Å². The summed E-state index contributed by atoms with van der Waals surface area (Å²) in [5.41, 5.74) is 0.910. The number of aromatic nitrogens is 1. The van der Waals surface area contributed by atoms with E-state index in [1.807, 2.05) is 6.07 Å². The number of benzene rings is 2. The predicted octanol–water partition coefficient (Wildman–Crippen LogP) is 2.61. The number of sulfonamides is 1. The lowest BCUT2D eigenvalue weighted by molar-refractivity contribution is 0.0587. The molecular formula is C18H16N2O5S. The molecule has 0 radical (unpaired) electrons. The van der Waals surface area contributed by atoms with E-state index in [0.29, 0.717) is 5.56 Å². The van der Waals surface area contributed by atoms with Crippen LogP contribution in [0.4, 0.5) is 0 Å². The zero-order valence-corrected chi connectivity index (χ0v) is 14.7. The summed E-state index contributed by atoms with van der Waals surface area (Å²) in [6.07, 6.45) is 0. The minimum atomic E-state index is -4.11. The Morgan fingerprint density at radius 3 is 2.31 bits per heavy atom. The molecule has 0 saturated heterocycles. The second kappa shape index (κ2) is 7.51. The topological polar surface area (TPSA) is 98.5 Å². The highest BCUT2D eigenvalue weighted by Gasteiger charge is 2.31. The molecule has 1 N–H and O–H groups in total. The van der Waals surface area contributed by atoms with Crippen LogP contribution in [0.1, 0.15) is 16.1 Å². The maximum atomic E-state index is 12.6. The van der Waals surface area contributed by atoms with Crippen LogP contribution in [0, 0.1) is 0 Å². The summed E-state index contributed by atoms with van der Waals surface area (Å²) >= 11 is 0. The van der Waals surface area contributed by atoms with Crippen molar-refractivity contribution in [3.8, 4) is 11.5 Å². The van der Waals surface area contributed by atoms with Crippen LogP contribution in [0.25, 0.3) is 11.5 Å². The largest absolute Gasteiger partial charge is 0.464 e.